The third-order valence-electron chi connectivity index (χ3n) is 6.08. The SMILES string of the molecule is CCN(CC)c1ccc(/C=C/C2=[N+](C)c3ccc(Cl)cc3C2(C)CC)c(I)c1. The fourth-order valence-corrected chi connectivity index (χ4v) is 5.00. The summed E-state index contributed by atoms with van der Waals surface area (Å²) in [6.45, 7) is 11.0. The van der Waals surface area contributed by atoms with Crippen molar-refractivity contribution in [1.29, 1.82) is 0 Å². The molecule has 148 valence electrons. The Morgan fingerprint density at radius 1 is 1.07 bits per heavy atom. The smallest absolute Gasteiger partial charge is 0.209 e. The second-order valence-corrected chi connectivity index (χ2v) is 9.10. The summed E-state index contributed by atoms with van der Waals surface area (Å²) in [6.07, 6.45) is 5.56. The van der Waals surface area contributed by atoms with Crippen LogP contribution in [0.3, 0.4) is 0 Å². The molecule has 0 aliphatic carbocycles. The minimum atomic E-state index is -0.0297. The number of hydrogen-bond acceptors (Lipinski definition) is 1. The second kappa shape index (κ2) is 8.58. The average molecular weight is 508 g/mol. The van der Waals surface area contributed by atoms with E-state index in [-0.39, 0.29) is 5.41 Å². The van der Waals surface area contributed by atoms with Gasteiger partial charge in [-0.15, -0.1) is 0 Å². The first-order valence-corrected chi connectivity index (χ1v) is 11.4. The molecular weight excluding hydrogens is 479 g/mol. The maximum Gasteiger partial charge on any atom is 0.209 e. The average Bonchev–Trinajstić information content (AvgIpc) is 2.89. The van der Waals surface area contributed by atoms with E-state index >= 15 is 0 Å². The molecule has 4 heteroatoms. The Hall–Kier alpha value is -1.33. The summed E-state index contributed by atoms with van der Waals surface area (Å²) in [5, 5.41) is 0.804. The minimum Gasteiger partial charge on any atom is -0.372 e. The van der Waals surface area contributed by atoms with Gasteiger partial charge in [-0.05, 0) is 85.7 Å². The zero-order valence-electron chi connectivity index (χ0n) is 17.4. The van der Waals surface area contributed by atoms with Crippen LogP contribution in [0.2, 0.25) is 5.02 Å². The Morgan fingerprint density at radius 2 is 1.79 bits per heavy atom. The van der Waals surface area contributed by atoms with E-state index in [1.807, 2.05) is 6.07 Å². The first-order valence-electron chi connectivity index (χ1n) is 9.99. The second-order valence-electron chi connectivity index (χ2n) is 7.50. The summed E-state index contributed by atoms with van der Waals surface area (Å²) < 4.78 is 3.58. The van der Waals surface area contributed by atoms with Crippen molar-refractivity contribution in [1.82, 2.24) is 0 Å². The number of halogens is 2. The molecule has 1 aliphatic rings. The highest BCUT2D eigenvalue weighted by Crippen LogP contribution is 2.43. The Morgan fingerprint density at radius 3 is 2.39 bits per heavy atom. The molecule has 28 heavy (non-hydrogen) atoms. The van der Waals surface area contributed by atoms with Crippen molar-refractivity contribution in [2.75, 3.05) is 25.0 Å². The van der Waals surface area contributed by atoms with Crippen molar-refractivity contribution in [3.05, 3.63) is 62.2 Å². The van der Waals surface area contributed by atoms with Gasteiger partial charge < -0.3 is 4.90 Å². The summed E-state index contributed by atoms with van der Waals surface area (Å²) in [6, 6.07) is 13.0. The molecule has 1 atom stereocenters. The molecule has 2 aromatic carbocycles. The highest BCUT2D eigenvalue weighted by Gasteiger charge is 2.45. The van der Waals surface area contributed by atoms with E-state index in [9.17, 15) is 0 Å². The topological polar surface area (TPSA) is 6.25 Å². The Balaban J connectivity index is 1.97. The van der Waals surface area contributed by atoms with Crippen molar-refractivity contribution in [3.8, 4) is 0 Å². The molecule has 1 aliphatic heterocycles. The van der Waals surface area contributed by atoms with Crippen LogP contribution in [0.5, 0.6) is 0 Å². The summed E-state index contributed by atoms with van der Waals surface area (Å²) in [4.78, 5) is 2.38. The third-order valence-corrected chi connectivity index (χ3v) is 7.25. The molecule has 0 N–H and O–H groups in total. The van der Waals surface area contributed by atoms with Gasteiger partial charge in [-0.2, -0.15) is 4.58 Å². The third kappa shape index (κ3) is 3.76. The summed E-state index contributed by atoms with van der Waals surface area (Å²) in [5.41, 5.74) is 6.40. The number of rotatable bonds is 6. The Bertz CT molecular complexity index is 944. The molecule has 2 nitrogen and oxygen atoms in total. The maximum absolute atomic E-state index is 6.31. The maximum atomic E-state index is 6.31. The van der Waals surface area contributed by atoms with Gasteiger partial charge in [0.2, 0.25) is 5.69 Å². The first-order chi connectivity index (χ1) is 13.3. The van der Waals surface area contributed by atoms with E-state index in [1.54, 1.807) is 0 Å². The molecule has 0 bridgehead atoms. The van der Waals surface area contributed by atoms with Gasteiger partial charge in [-0.3, -0.25) is 0 Å². The van der Waals surface area contributed by atoms with Crippen LogP contribution in [0.15, 0.2) is 42.5 Å². The van der Waals surface area contributed by atoms with Gasteiger partial charge in [0.05, 0.1) is 5.41 Å². The highest BCUT2D eigenvalue weighted by atomic mass is 127. The van der Waals surface area contributed by atoms with Crippen LogP contribution in [0.4, 0.5) is 11.4 Å². The van der Waals surface area contributed by atoms with Crippen LogP contribution >= 0.6 is 34.2 Å². The van der Waals surface area contributed by atoms with E-state index in [1.165, 1.54) is 31.8 Å². The predicted octanol–water partition coefficient (Wildman–Crippen LogP) is 6.90. The number of fused-ring (bicyclic) bond motifs is 1. The summed E-state index contributed by atoms with van der Waals surface area (Å²) in [7, 11) is 2.15. The van der Waals surface area contributed by atoms with Crippen LogP contribution < -0.4 is 4.90 Å². The number of anilines is 1. The normalized spacial score (nSPS) is 18.8. The van der Waals surface area contributed by atoms with E-state index < -0.39 is 0 Å². The summed E-state index contributed by atoms with van der Waals surface area (Å²) in [5.74, 6) is 0. The first kappa shape index (κ1) is 21.4. The minimum absolute atomic E-state index is 0.0297. The monoisotopic (exact) mass is 507 g/mol. The fourth-order valence-electron chi connectivity index (χ4n) is 4.15. The van der Waals surface area contributed by atoms with Crippen molar-refractivity contribution in [3.63, 3.8) is 0 Å². The van der Waals surface area contributed by atoms with Crippen molar-refractivity contribution in [2.24, 2.45) is 0 Å². The van der Waals surface area contributed by atoms with E-state index in [4.69, 9.17) is 11.6 Å². The molecule has 0 fully saturated rings. The lowest BCUT2D eigenvalue weighted by molar-refractivity contribution is -0.401. The molecule has 0 aromatic heterocycles. The molecule has 0 radical (unpaired) electrons. The Labute approximate surface area is 188 Å². The van der Waals surface area contributed by atoms with Crippen LogP contribution in [-0.2, 0) is 5.41 Å². The molecule has 1 unspecified atom stereocenters. The van der Waals surface area contributed by atoms with Crippen LogP contribution in [0.25, 0.3) is 6.08 Å². The van der Waals surface area contributed by atoms with Crippen LogP contribution in [0, 0.1) is 3.57 Å². The van der Waals surface area contributed by atoms with E-state index in [0.717, 1.165) is 24.5 Å². The van der Waals surface area contributed by atoms with Gasteiger partial charge in [0.1, 0.15) is 7.05 Å². The molecule has 0 saturated carbocycles. The largest absolute Gasteiger partial charge is 0.372 e. The molecule has 1 heterocycles. The van der Waals surface area contributed by atoms with Crippen molar-refractivity contribution < 1.29 is 4.58 Å². The summed E-state index contributed by atoms with van der Waals surface area (Å²) >= 11 is 8.76. The molecular formula is C24H29ClIN2+. The lowest BCUT2D eigenvalue weighted by Gasteiger charge is -2.21. The van der Waals surface area contributed by atoms with Crippen LogP contribution in [0.1, 0.15) is 45.2 Å². The van der Waals surface area contributed by atoms with Gasteiger partial charge >= 0.3 is 0 Å². The Kier molecular flexibility index (Phi) is 6.55. The molecule has 3 rings (SSSR count). The standard InChI is InChI=1S/C24H29ClIN2/c1-6-24(4)20-15-18(25)11-13-22(20)27(5)23(24)14-10-17-9-12-19(16-21(17)26)28(7-2)8-3/h9-16H,6-8H2,1-5H3/q+1. The van der Waals surface area contributed by atoms with Crippen molar-refractivity contribution in [2.45, 2.75) is 39.5 Å². The number of hydrogen-bond donors (Lipinski definition) is 0. The van der Waals surface area contributed by atoms with Crippen LogP contribution in [-0.4, -0.2) is 30.4 Å². The molecule has 0 spiro atoms. The van der Waals surface area contributed by atoms with Gasteiger partial charge in [0.25, 0.3) is 0 Å². The zero-order valence-corrected chi connectivity index (χ0v) is 20.3. The fraction of sp³-hybridized carbons (Fsp3) is 0.375. The van der Waals surface area contributed by atoms with Gasteiger partial charge in [-0.25, -0.2) is 0 Å². The molecule has 2 aromatic rings. The van der Waals surface area contributed by atoms with Gasteiger partial charge in [-0.1, -0.05) is 24.6 Å². The number of nitrogens with zero attached hydrogens (tertiary/aromatic N) is 2. The van der Waals surface area contributed by atoms with E-state index in [0.29, 0.717) is 0 Å². The van der Waals surface area contributed by atoms with Crippen molar-refractivity contribution >= 4 is 57.4 Å². The number of allylic oxidation sites excluding steroid dienone is 1. The molecule has 0 saturated heterocycles. The quantitative estimate of drug-likeness (QED) is 0.304. The van der Waals surface area contributed by atoms with Gasteiger partial charge in [0, 0.05) is 45.1 Å². The number of benzene rings is 2. The highest BCUT2D eigenvalue weighted by molar-refractivity contribution is 14.1. The lowest BCUT2D eigenvalue weighted by atomic mass is 9.77. The van der Waals surface area contributed by atoms with Gasteiger partial charge in [0.15, 0.2) is 5.71 Å². The molecule has 0 amide bonds. The van der Waals surface area contributed by atoms with E-state index in [2.05, 4.69) is 109 Å². The lowest BCUT2D eigenvalue weighted by Crippen LogP contribution is -2.29. The zero-order chi connectivity index (χ0) is 20.5. The predicted molar refractivity (Wildman–Crippen MR) is 132 cm³/mol.